The van der Waals surface area contributed by atoms with Crippen LogP contribution in [0.4, 0.5) is 0 Å². The molecule has 1 amide bonds. The lowest BCUT2D eigenvalue weighted by atomic mass is 9.99. The first-order chi connectivity index (χ1) is 24.1. The summed E-state index contributed by atoms with van der Waals surface area (Å²) in [6.07, 6.45) is 45.3. The Balaban J connectivity index is 3.44. The summed E-state index contributed by atoms with van der Waals surface area (Å²) in [5.41, 5.74) is 0. The third kappa shape index (κ3) is 35.5. The van der Waals surface area contributed by atoms with Gasteiger partial charge in [-0.2, -0.15) is 0 Å². The van der Waals surface area contributed by atoms with Crippen LogP contribution >= 0.6 is 0 Å². The SMILES string of the molecule is CCCCCCCCCCCCCCCCCCCCCCCCCCCCCC(=O)NC(CO)C(O)C(O)CCCCCCCCCC. The Morgan fingerprint density at radius 3 is 0.980 bits per heavy atom. The first-order valence-corrected chi connectivity index (χ1v) is 22.3. The molecule has 4 N–H and O–H groups in total. The van der Waals surface area contributed by atoms with Crippen molar-refractivity contribution >= 4 is 5.91 Å². The predicted molar refractivity (Wildman–Crippen MR) is 213 cm³/mol. The molecule has 3 atom stereocenters. The fourth-order valence-electron chi connectivity index (χ4n) is 7.22. The monoisotopic (exact) mass is 696 g/mol. The van der Waals surface area contributed by atoms with E-state index in [-0.39, 0.29) is 12.5 Å². The van der Waals surface area contributed by atoms with Gasteiger partial charge >= 0.3 is 0 Å². The molecule has 0 aromatic carbocycles. The largest absolute Gasteiger partial charge is 0.394 e. The summed E-state index contributed by atoms with van der Waals surface area (Å²) in [5, 5.41) is 33.3. The van der Waals surface area contributed by atoms with Crippen LogP contribution in [0, 0.1) is 0 Å². The minimum Gasteiger partial charge on any atom is -0.394 e. The molecule has 0 rings (SSSR count). The van der Waals surface area contributed by atoms with Crippen molar-refractivity contribution in [3.05, 3.63) is 0 Å². The van der Waals surface area contributed by atoms with Crippen molar-refractivity contribution in [3.63, 3.8) is 0 Å². The second-order valence-electron chi connectivity index (χ2n) is 15.6. The van der Waals surface area contributed by atoms with E-state index in [0.29, 0.717) is 12.8 Å². The molecule has 0 saturated heterocycles. The maximum atomic E-state index is 12.4. The van der Waals surface area contributed by atoms with E-state index in [1.807, 2.05) is 0 Å². The molecule has 0 fully saturated rings. The lowest BCUT2D eigenvalue weighted by Crippen LogP contribution is -2.50. The second kappa shape index (κ2) is 40.1. The molecule has 49 heavy (non-hydrogen) atoms. The quantitative estimate of drug-likeness (QED) is 0.0479. The van der Waals surface area contributed by atoms with Crippen molar-refractivity contribution in [1.29, 1.82) is 0 Å². The molecular weight excluding hydrogens is 606 g/mol. The minimum atomic E-state index is -1.13. The van der Waals surface area contributed by atoms with E-state index < -0.39 is 18.2 Å². The Labute approximate surface area is 307 Å². The molecule has 5 nitrogen and oxygen atoms in total. The average molecular weight is 696 g/mol. The van der Waals surface area contributed by atoms with Gasteiger partial charge in [-0.15, -0.1) is 0 Å². The van der Waals surface area contributed by atoms with Gasteiger partial charge in [0.1, 0.15) is 6.10 Å². The van der Waals surface area contributed by atoms with Crippen molar-refractivity contribution < 1.29 is 20.1 Å². The van der Waals surface area contributed by atoms with Crippen LogP contribution in [0.3, 0.4) is 0 Å². The number of aliphatic hydroxyl groups excluding tert-OH is 3. The van der Waals surface area contributed by atoms with Gasteiger partial charge < -0.3 is 20.6 Å². The van der Waals surface area contributed by atoms with Crippen LogP contribution in [0.5, 0.6) is 0 Å². The molecule has 0 heterocycles. The third-order valence-electron chi connectivity index (χ3n) is 10.7. The second-order valence-corrected chi connectivity index (χ2v) is 15.6. The van der Waals surface area contributed by atoms with Gasteiger partial charge in [-0.25, -0.2) is 0 Å². The van der Waals surface area contributed by atoms with Gasteiger partial charge in [-0.05, 0) is 12.8 Å². The number of nitrogens with one attached hydrogen (secondary N) is 1. The van der Waals surface area contributed by atoms with E-state index >= 15 is 0 Å². The highest BCUT2D eigenvalue weighted by Crippen LogP contribution is 2.17. The highest BCUT2D eigenvalue weighted by Gasteiger charge is 2.26. The number of carbonyl (C=O) groups excluding carboxylic acids is 1. The number of hydrogen-bond donors (Lipinski definition) is 4. The molecule has 0 aliphatic heterocycles. The smallest absolute Gasteiger partial charge is 0.220 e. The average Bonchev–Trinajstić information content (AvgIpc) is 3.11. The van der Waals surface area contributed by atoms with Gasteiger partial charge in [0, 0.05) is 6.42 Å². The summed E-state index contributed by atoms with van der Waals surface area (Å²) in [6.45, 7) is 4.16. The van der Waals surface area contributed by atoms with Crippen molar-refractivity contribution in [2.45, 2.75) is 270 Å². The third-order valence-corrected chi connectivity index (χ3v) is 10.7. The lowest BCUT2D eigenvalue weighted by molar-refractivity contribution is -0.124. The normalized spacial score (nSPS) is 13.5. The van der Waals surface area contributed by atoms with Gasteiger partial charge in [0.15, 0.2) is 0 Å². The first kappa shape index (κ1) is 48.3. The Kier molecular flexibility index (Phi) is 39.6. The molecule has 3 unspecified atom stereocenters. The van der Waals surface area contributed by atoms with Gasteiger partial charge in [0.2, 0.25) is 5.91 Å². The molecule has 0 aliphatic carbocycles. The molecule has 0 spiro atoms. The van der Waals surface area contributed by atoms with Gasteiger partial charge in [0.25, 0.3) is 0 Å². The summed E-state index contributed by atoms with van der Waals surface area (Å²) in [6, 6.07) is -0.800. The van der Waals surface area contributed by atoms with Gasteiger partial charge in [-0.1, -0.05) is 232 Å². The number of unbranched alkanes of at least 4 members (excludes halogenated alkanes) is 33. The van der Waals surface area contributed by atoms with Crippen molar-refractivity contribution in [1.82, 2.24) is 5.32 Å². The molecule has 5 heteroatoms. The Hall–Kier alpha value is -0.650. The zero-order valence-corrected chi connectivity index (χ0v) is 33.4. The lowest BCUT2D eigenvalue weighted by Gasteiger charge is -2.26. The topological polar surface area (TPSA) is 89.8 Å². The zero-order chi connectivity index (χ0) is 35.9. The van der Waals surface area contributed by atoms with Crippen LogP contribution in [0.25, 0.3) is 0 Å². The van der Waals surface area contributed by atoms with Gasteiger partial charge in [-0.3, -0.25) is 4.79 Å². The molecular formula is C44H89NO4. The molecule has 0 aromatic rings. The fraction of sp³-hybridized carbons (Fsp3) is 0.977. The highest BCUT2D eigenvalue weighted by atomic mass is 16.3. The van der Waals surface area contributed by atoms with Crippen LogP contribution in [0.15, 0.2) is 0 Å². The molecule has 294 valence electrons. The molecule has 0 bridgehead atoms. The number of carbonyl (C=O) groups is 1. The number of amides is 1. The molecule has 0 radical (unpaired) electrons. The van der Waals surface area contributed by atoms with Crippen molar-refractivity contribution in [2.75, 3.05) is 6.61 Å². The first-order valence-electron chi connectivity index (χ1n) is 22.3. The highest BCUT2D eigenvalue weighted by molar-refractivity contribution is 5.76. The van der Waals surface area contributed by atoms with Crippen LogP contribution < -0.4 is 5.32 Å². The molecule has 0 aliphatic rings. The van der Waals surface area contributed by atoms with E-state index in [0.717, 1.165) is 38.5 Å². The predicted octanol–water partition coefficient (Wildman–Crippen LogP) is 12.7. The van der Waals surface area contributed by atoms with Crippen LogP contribution in [0.2, 0.25) is 0 Å². The Morgan fingerprint density at radius 2 is 0.694 bits per heavy atom. The summed E-state index contributed by atoms with van der Waals surface area (Å²) in [7, 11) is 0. The van der Waals surface area contributed by atoms with Crippen LogP contribution in [-0.4, -0.2) is 46.1 Å². The maximum Gasteiger partial charge on any atom is 0.220 e. The summed E-state index contributed by atoms with van der Waals surface area (Å²) in [4.78, 5) is 12.4. The van der Waals surface area contributed by atoms with E-state index in [2.05, 4.69) is 19.2 Å². The summed E-state index contributed by atoms with van der Waals surface area (Å²) >= 11 is 0. The number of rotatable bonds is 41. The van der Waals surface area contributed by atoms with Crippen LogP contribution in [0.1, 0.15) is 251 Å². The van der Waals surface area contributed by atoms with Crippen molar-refractivity contribution in [2.24, 2.45) is 0 Å². The van der Waals surface area contributed by atoms with Gasteiger partial charge in [0.05, 0.1) is 18.8 Å². The van der Waals surface area contributed by atoms with Crippen molar-refractivity contribution in [3.8, 4) is 0 Å². The molecule has 0 aromatic heterocycles. The number of hydrogen-bond acceptors (Lipinski definition) is 4. The Morgan fingerprint density at radius 1 is 0.429 bits per heavy atom. The minimum absolute atomic E-state index is 0.142. The van der Waals surface area contributed by atoms with E-state index in [4.69, 9.17) is 0 Å². The fourth-order valence-corrected chi connectivity index (χ4v) is 7.22. The standard InChI is InChI=1S/C44H89NO4/c1-3-5-7-9-11-13-14-15-16-17-18-19-20-21-22-23-24-25-26-27-28-29-30-31-33-35-37-39-43(48)45-41(40-46)44(49)42(47)38-36-34-32-12-10-8-6-4-2/h41-42,44,46-47,49H,3-40H2,1-2H3,(H,45,48). The Bertz CT molecular complexity index is 644. The number of aliphatic hydroxyl groups is 3. The van der Waals surface area contributed by atoms with E-state index in [1.165, 1.54) is 186 Å². The van der Waals surface area contributed by atoms with Crippen LogP contribution in [-0.2, 0) is 4.79 Å². The maximum absolute atomic E-state index is 12.4. The summed E-state index contributed by atoms with van der Waals surface area (Å²) in [5.74, 6) is -0.142. The van der Waals surface area contributed by atoms with E-state index in [9.17, 15) is 20.1 Å². The zero-order valence-electron chi connectivity index (χ0n) is 33.4. The summed E-state index contributed by atoms with van der Waals surface area (Å²) < 4.78 is 0. The van der Waals surface area contributed by atoms with E-state index in [1.54, 1.807) is 0 Å². The molecule has 0 saturated carbocycles.